The minimum Gasteiger partial charge on any atom is -0.320 e. The van der Waals surface area contributed by atoms with Crippen LogP contribution in [0.15, 0.2) is 49.1 Å². The molecule has 10 nitrogen and oxygen atoms in total. The summed E-state index contributed by atoms with van der Waals surface area (Å²) in [5.74, 6) is 0.339. The van der Waals surface area contributed by atoms with E-state index in [0.717, 1.165) is 40.6 Å². The second kappa shape index (κ2) is 7.86. The fourth-order valence-corrected chi connectivity index (χ4v) is 4.99. The molecule has 0 aliphatic heterocycles. The van der Waals surface area contributed by atoms with E-state index in [1.165, 1.54) is 34.9 Å². The van der Waals surface area contributed by atoms with E-state index in [1.54, 1.807) is 6.07 Å². The zero-order valence-electron chi connectivity index (χ0n) is 18.0. The minimum absolute atomic E-state index is 0.254. The van der Waals surface area contributed by atoms with E-state index < -0.39 is 0 Å². The lowest BCUT2D eigenvalue weighted by molar-refractivity contribution is 0.102. The molecule has 6 rings (SSSR count). The number of pyridine rings is 1. The van der Waals surface area contributed by atoms with Crippen molar-refractivity contribution >= 4 is 34.0 Å². The van der Waals surface area contributed by atoms with E-state index in [2.05, 4.69) is 31.7 Å². The molecule has 34 heavy (non-hydrogen) atoms. The maximum Gasteiger partial charge on any atom is 0.267 e. The van der Waals surface area contributed by atoms with Gasteiger partial charge in [-0.05, 0) is 36.4 Å². The average molecular weight is 468 g/mol. The maximum atomic E-state index is 13.3. The summed E-state index contributed by atoms with van der Waals surface area (Å²) >= 11 is 1.19. The van der Waals surface area contributed by atoms with E-state index in [4.69, 9.17) is 4.37 Å². The largest absolute Gasteiger partial charge is 0.320 e. The van der Waals surface area contributed by atoms with Crippen LogP contribution in [0, 0.1) is 11.3 Å². The van der Waals surface area contributed by atoms with Gasteiger partial charge >= 0.3 is 0 Å². The molecule has 0 unspecified atom stereocenters. The van der Waals surface area contributed by atoms with Crippen molar-refractivity contribution in [2.75, 3.05) is 5.32 Å². The number of carbonyl (C=O) groups is 1. The highest BCUT2D eigenvalue weighted by Gasteiger charge is 2.34. The molecule has 5 aromatic rings. The van der Waals surface area contributed by atoms with Crippen molar-refractivity contribution in [3.8, 4) is 23.1 Å². The Morgan fingerprint density at radius 3 is 2.79 bits per heavy atom. The average Bonchev–Trinajstić information content (AvgIpc) is 3.24. The lowest BCUT2D eigenvalue weighted by Crippen LogP contribution is -2.13. The Bertz CT molecular complexity index is 1590. The fraction of sp³-hybridized carbons (Fsp3) is 0.174. The molecule has 1 aliphatic rings. The van der Waals surface area contributed by atoms with Crippen LogP contribution < -0.4 is 5.32 Å². The standard InChI is InChI=1S/C23H17N9OS/c1-31-20-14(11-28-31)3-2-4-17(20)19-18(13-5-6-13)21(34-30-19)23(33)29-16-9-15(10-24)22(25-12-16)32-26-7-8-27-32/h2-4,7-9,11-13H,5-6H2,1H3,(H,29,33). The molecule has 0 atom stereocenters. The molecule has 1 aliphatic carbocycles. The SMILES string of the molecule is Cn1ncc2cccc(-c3nsc(C(=O)Nc4cnc(-n5nccn5)c(C#N)c4)c3C3CC3)c21. The van der Waals surface area contributed by atoms with Crippen molar-refractivity contribution in [2.24, 2.45) is 7.05 Å². The number of nitriles is 1. The summed E-state index contributed by atoms with van der Waals surface area (Å²) < 4.78 is 6.55. The number of hydrogen-bond donors (Lipinski definition) is 1. The summed E-state index contributed by atoms with van der Waals surface area (Å²) in [7, 11) is 1.91. The van der Waals surface area contributed by atoms with Crippen molar-refractivity contribution in [2.45, 2.75) is 18.8 Å². The number of anilines is 1. The zero-order valence-corrected chi connectivity index (χ0v) is 18.8. The molecule has 0 radical (unpaired) electrons. The highest BCUT2D eigenvalue weighted by atomic mass is 32.1. The Kier molecular flexibility index (Phi) is 4.67. The first-order chi connectivity index (χ1) is 16.6. The van der Waals surface area contributed by atoms with Crippen molar-refractivity contribution < 1.29 is 4.79 Å². The van der Waals surface area contributed by atoms with Crippen LogP contribution in [0.4, 0.5) is 5.69 Å². The smallest absolute Gasteiger partial charge is 0.267 e. The van der Waals surface area contributed by atoms with Crippen LogP contribution in [0.1, 0.15) is 39.6 Å². The summed E-state index contributed by atoms with van der Waals surface area (Å²) in [6.07, 6.45) is 8.39. The number of carbonyl (C=O) groups excluding carboxylic acids is 1. The highest BCUT2D eigenvalue weighted by Crippen LogP contribution is 2.48. The molecule has 166 valence electrons. The van der Waals surface area contributed by atoms with E-state index in [1.807, 2.05) is 36.1 Å². The van der Waals surface area contributed by atoms with Gasteiger partial charge in [0.25, 0.3) is 5.91 Å². The van der Waals surface area contributed by atoms with Gasteiger partial charge in [-0.2, -0.15) is 24.9 Å². The van der Waals surface area contributed by atoms with Gasteiger partial charge in [0.1, 0.15) is 16.5 Å². The molecule has 4 aromatic heterocycles. The Hall–Kier alpha value is -4.43. The Balaban J connectivity index is 1.36. The number of hydrogen-bond acceptors (Lipinski definition) is 8. The molecule has 0 spiro atoms. The summed E-state index contributed by atoms with van der Waals surface area (Å²) in [6, 6.07) is 9.69. The highest BCUT2D eigenvalue weighted by molar-refractivity contribution is 7.08. The van der Waals surface area contributed by atoms with Crippen molar-refractivity contribution in [1.82, 2.24) is 34.1 Å². The number of nitrogens with one attached hydrogen (secondary N) is 1. The molecule has 11 heteroatoms. The molecule has 1 saturated carbocycles. The number of fused-ring (bicyclic) bond motifs is 1. The van der Waals surface area contributed by atoms with E-state index in [9.17, 15) is 10.1 Å². The monoisotopic (exact) mass is 467 g/mol. The van der Waals surface area contributed by atoms with Gasteiger partial charge in [0.15, 0.2) is 5.82 Å². The van der Waals surface area contributed by atoms with Gasteiger partial charge in [0.05, 0.1) is 41.7 Å². The topological polar surface area (TPSA) is 127 Å². The summed E-state index contributed by atoms with van der Waals surface area (Å²) in [5.41, 5.74) is 4.45. The van der Waals surface area contributed by atoms with Crippen LogP contribution in [0.2, 0.25) is 0 Å². The number of aryl methyl sites for hydroxylation is 1. The van der Waals surface area contributed by atoms with E-state index in [-0.39, 0.29) is 11.5 Å². The number of benzene rings is 1. The van der Waals surface area contributed by atoms with E-state index in [0.29, 0.717) is 22.3 Å². The quantitative estimate of drug-likeness (QED) is 0.418. The van der Waals surface area contributed by atoms with Crippen molar-refractivity contribution in [3.05, 3.63) is 65.1 Å². The van der Waals surface area contributed by atoms with Gasteiger partial charge in [0, 0.05) is 23.6 Å². The summed E-state index contributed by atoms with van der Waals surface area (Å²) in [4.78, 5) is 19.4. The third-order valence-corrected chi connectivity index (χ3v) is 6.65. The Morgan fingerprint density at radius 2 is 2.03 bits per heavy atom. The van der Waals surface area contributed by atoms with Crippen molar-refractivity contribution in [3.63, 3.8) is 0 Å². The van der Waals surface area contributed by atoms with E-state index >= 15 is 0 Å². The van der Waals surface area contributed by atoms with Crippen LogP contribution >= 0.6 is 11.5 Å². The van der Waals surface area contributed by atoms with Crippen LogP contribution in [-0.2, 0) is 7.05 Å². The van der Waals surface area contributed by atoms with Crippen LogP contribution in [-0.4, -0.2) is 40.0 Å². The van der Waals surface area contributed by atoms with Gasteiger partial charge in [-0.3, -0.25) is 9.48 Å². The molecule has 1 N–H and O–H groups in total. The lowest BCUT2D eigenvalue weighted by atomic mass is 10.0. The van der Waals surface area contributed by atoms with Crippen LogP contribution in [0.25, 0.3) is 28.0 Å². The predicted octanol–water partition coefficient (Wildman–Crippen LogP) is 3.67. The number of para-hydroxylation sites is 1. The van der Waals surface area contributed by atoms with Gasteiger partial charge in [-0.25, -0.2) is 4.98 Å². The van der Waals surface area contributed by atoms with Crippen LogP contribution in [0.3, 0.4) is 0 Å². The van der Waals surface area contributed by atoms with Crippen molar-refractivity contribution in [1.29, 1.82) is 5.26 Å². The minimum atomic E-state index is -0.265. The van der Waals surface area contributed by atoms with Gasteiger partial charge < -0.3 is 5.32 Å². The second-order valence-corrected chi connectivity index (χ2v) is 8.81. The van der Waals surface area contributed by atoms with Crippen LogP contribution in [0.5, 0.6) is 0 Å². The molecule has 1 aromatic carbocycles. The van der Waals surface area contributed by atoms with Gasteiger partial charge in [-0.1, -0.05) is 18.2 Å². The fourth-order valence-electron chi connectivity index (χ4n) is 4.11. The molecule has 0 bridgehead atoms. The lowest BCUT2D eigenvalue weighted by Gasteiger charge is -2.09. The first-order valence-corrected chi connectivity index (χ1v) is 11.4. The molecule has 1 amide bonds. The maximum absolute atomic E-state index is 13.3. The van der Waals surface area contributed by atoms with Gasteiger partial charge in [0.2, 0.25) is 0 Å². The second-order valence-electron chi connectivity index (χ2n) is 8.04. The molecular weight excluding hydrogens is 450 g/mol. The number of aromatic nitrogens is 7. The summed E-state index contributed by atoms with van der Waals surface area (Å²) in [6.45, 7) is 0. The normalized spacial score (nSPS) is 13.2. The number of rotatable bonds is 5. The number of nitrogens with zero attached hydrogens (tertiary/aromatic N) is 8. The molecule has 4 heterocycles. The molecule has 1 fully saturated rings. The Labute approximate surface area is 197 Å². The zero-order chi connectivity index (χ0) is 23.2. The Morgan fingerprint density at radius 1 is 1.21 bits per heavy atom. The predicted molar refractivity (Wildman–Crippen MR) is 126 cm³/mol. The molecule has 0 saturated heterocycles. The summed E-state index contributed by atoms with van der Waals surface area (Å²) in [5, 5.41) is 25.9. The third-order valence-electron chi connectivity index (χ3n) is 5.79. The number of amides is 1. The van der Waals surface area contributed by atoms with Gasteiger partial charge in [-0.15, -0.1) is 4.80 Å². The first kappa shape index (κ1) is 20.2. The first-order valence-electron chi connectivity index (χ1n) is 10.6. The third kappa shape index (κ3) is 3.32. The molecular formula is C23H17N9OS.